The fourth-order valence-electron chi connectivity index (χ4n) is 1.63. The summed E-state index contributed by atoms with van der Waals surface area (Å²) in [7, 11) is 1.51. The molecule has 0 radical (unpaired) electrons. The van der Waals surface area contributed by atoms with Gasteiger partial charge >= 0.3 is 0 Å². The first-order valence-corrected chi connectivity index (χ1v) is 6.27. The van der Waals surface area contributed by atoms with E-state index in [0.29, 0.717) is 5.69 Å². The van der Waals surface area contributed by atoms with Crippen LogP contribution in [0.25, 0.3) is 0 Å². The smallest absolute Gasteiger partial charge is 0.261 e. The minimum atomic E-state index is -0.610. The number of benzene rings is 2. The van der Waals surface area contributed by atoms with Crippen molar-refractivity contribution in [3.63, 3.8) is 0 Å². The molecule has 0 spiro atoms. The van der Waals surface area contributed by atoms with Crippen LogP contribution in [0, 0.1) is 11.6 Å². The summed E-state index contributed by atoms with van der Waals surface area (Å²) in [5.41, 5.74) is 0.451. The molecule has 2 rings (SSSR count). The van der Waals surface area contributed by atoms with E-state index in [2.05, 4.69) is 15.9 Å². The Morgan fingerprint density at radius 2 is 1.74 bits per heavy atom. The lowest BCUT2D eigenvalue weighted by Crippen LogP contribution is -2.27. The molecule has 0 saturated carbocycles. The number of anilines is 1. The number of nitrogens with zero attached hydrogens (tertiary/aromatic N) is 1. The molecule has 2 aromatic carbocycles. The lowest BCUT2D eigenvalue weighted by atomic mass is 10.1. The van der Waals surface area contributed by atoms with E-state index in [9.17, 15) is 13.6 Å². The Hall–Kier alpha value is -1.75. The van der Waals surface area contributed by atoms with Gasteiger partial charge in [0.2, 0.25) is 0 Å². The summed E-state index contributed by atoms with van der Waals surface area (Å²) in [6, 6.07) is 9.92. The summed E-state index contributed by atoms with van der Waals surface area (Å²) < 4.78 is 26.9. The van der Waals surface area contributed by atoms with Gasteiger partial charge in [-0.3, -0.25) is 4.79 Å². The standard InChI is InChI=1S/C14H10BrF2NO/c1-18(10-7-5-9(16)6-8-10)14(19)11-3-2-4-12(15)13(11)17/h2-8H,1H3. The number of hydrogen-bond acceptors (Lipinski definition) is 1. The van der Waals surface area contributed by atoms with Gasteiger partial charge < -0.3 is 4.90 Å². The Balaban J connectivity index is 2.33. The fourth-order valence-corrected chi connectivity index (χ4v) is 2.00. The summed E-state index contributed by atoms with van der Waals surface area (Å²) in [6.07, 6.45) is 0. The molecule has 0 aromatic heterocycles. The van der Waals surface area contributed by atoms with Crippen LogP contribution in [0.2, 0.25) is 0 Å². The van der Waals surface area contributed by atoms with E-state index in [4.69, 9.17) is 0 Å². The predicted molar refractivity (Wildman–Crippen MR) is 73.2 cm³/mol. The molecule has 0 atom stereocenters. The molecule has 0 bridgehead atoms. The fraction of sp³-hybridized carbons (Fsp3) is 0.0714. The average Bonchev–Trinajstić information content (AvgIpc) is 2.41. The summed E-state index contributed by atoms with van der Waals surface area (Å²) in [6.45, 7) is 0. The molecule has 0 saturated heterocycles. The predicted octanol–water partition coefficient (Wildman–Crippen LogP) is 4.00. The van der Waals surface area contributed by atoms with Gasteiger partial charge in [0.15, 0.2) is 0 Å². The lowest BCUT2D eigenvalue weighted by Gasteiger charge is -2.18. The van der Waals surface area contributed by atoms with Crippen LogP contribution >= 0.6 is 15.9 Å². The second-order valence-electron chi connectivity index (χ2n) is 3.94. The minimum Gasteiger partial charge on any atom is -0.311 e. The monoisotopic (exact) mass is 325 g/mol. The Kier molecular flexibility index (Phi) is 3.95. The molecule has 0 fully saturated rings. The first kappa shape index (κ1) is 13.7. The highest BCUT2D eigenvalue weighted by atomic mass is 79.9. The van der Waals surface area contributed by atoms with Crippen LogP contribution in [0.5, 0.6) is 0 Å². The first-order valence-electron chi connectivity index (χ1n) is 5.48. The van der Waals surface area contributed by atoms with E-state index in [1.807, 2.05) is 0 Å². The van der Waals surface area contributed by atoms with Gasteiger partial charge in [-0.25, -0.2) is 8.78 Å². The summed E-state index contributed by atoms with van der Waals surface area (Å²) in [5, 5.41) is 0. The normalized spacial score (nSPS) is 10.3. The van der Waals surface area contributed by atoms with Crippen molar-refractivity contribution in [1.82, 2.24) is 0 Å². The molecule has 0 heterocycles. The van der Waals surface area contributed by atoms with E-state index in [-0.39, 0.29) is 10.0 Å². The molecule has 2 nitrogen and oxygen atoms in total. The number of rotatable bonds is 2. The molecule has 0 N–H and O–H groups in total. The highest BCUT2D eigenvalue weighted by molar-refractivity contribution is 9.10. The number of hydrogen-bond donors (Lipinski definition) is 0. The lowest BCUT2D eigenvalue weighted by molar-refractivity contribution is 0.0989. The molecule has 0 aliphatic carbocycles. The van der Waals surface area contributed by atoms with Crippen molar-refractivity contribution in [3.05, 3.63) is 64.1 Å². The Morgan fingerprint density at radius 1 is 1.11 bits per heavy atom. The maximum atomic E-state index is 13.8. The molecule has 5 heteroatoms. The number of carbonyl (C=O) groups is 1. The number of amides is 1. The van der Waals surface area contributed by atoms with Crippen molar-refractivity contribution in [3.8, 4) is 0 Å². The van der Waals surface area contributed by atoms with E-state index >= 15 is 0 Å². The van der Waals surface area contributed by atoms with Gasteiger partial charge in [0.25, 0.3) is 5.91 Å². The topological polar surface area (TPSA) is 20.3 Å². The highest BCUT2D eigenvalue weighted by Gasteiger charge is 2.18. The zero-order valence-corrected chi connectivity index (χ0v) is 11.6. The third-order valence-corrected chi connectivity index (χ3v) is 3.31. The molecule has 0 aliphatic heterocycles. The van der Waals surface area contributed by atoms with Gasteiger partial charge in [-0.2, -0.15) is 0 Å². The van der Waals surface area contributed by atoms with Gasteiger partial charge in [-0.1, -0.05) is 6.07 Å². The molecule has 1 amide bonds. The van der Waals surface area contributed by atoms with Crippen molar-refractivity contribution in [1.29, 1.82) is 0 Å². The third-order valence-electron chi connectivity index (χ3n) is 2.70. The van der Waals surface area contributed by atoms with Crippen LogP contribution < -0.4 is 4.90 Å². The number of carbonyl (C=O) groups excluding carboxylic acids is 1. The van der Waals surface area contributed by atoms with Crippen LogP contribution in [0.3, 0.4) is 0 Å². The largest absolute Gasteiger partial charge is 0.311 e. The molecular formula is C14H10BrF2NO. The van der Waals surface area contributed by atoms with E-state index in [1.54, 1.807) is 6.07 Å². The zero-order valence-electron chi connectivity index (χ0n) is 10.0. The van der Waals surface area contributed by atoms with E-state index < -0.39 is 17.5 Å². The van der Waals surface area contributed by atoms with Crippen LogP contribution in [0.15, 0.2) is 46.9 Å². The van der Waals surface area contributed by atoms with Crippen molar-refractivity contribution >= 4 is 27.5 Å². The van der Waals surface area contributed by atoms with Gasteiger partial charge in [-0.05, 0) is 52.3 Å². The van der Waals surface area contributed by atoms with E-state index in [0.717, 1.165) is 0 Å². The maximum absolute atomic E-state index is 13.8. The second kappa shape index (κ2) is 5.48. The van der Waals surface area contributed by atoms with Crippen molar-refractivity contribution in [2.45, 2.75) is 0 Å². The van der Waals surface area contributed by atoms with Gasteiger partial charge in [0.1, 0.15) is 11.6 Å². The Morgan fingerprint density at radius 3 is 2.37 bits per heavy atom. The third kappa shape index (κ3) is 2.81. The summed E-state index contributed by atoms with van der Waals surface area (Å²) in [4.78, 5) is 13.4. The molecule has 98 valence electrons. The first-order chi connectivity index (χ1) is 9.00. The zero-order chi connectivity index (χ0) is 14.0. The second-order valence-corrected chi connectivity index (χ2v) is 4.80. The Labute approximate surface area is 117 Å². The Bertz CT molecular complexity index is 613. The molecular weight excluding hydrogens is 316 g/mol. The van der Waals surface area contributed by atoms with Gasteiger partial charge in [0.05, 0.1) is 10.0 Å². The molecule has 2 aromatic rings. The summed E-state index contributed by atoms with van der Waals surface area (Å²) >= 11 is 3.03. The van der Waals surface area contributed by atoms with Crippen LogP contribution in [-0.2, 0) is 0 Å². The van der Waals surface area contributed by atoms with Crippen molar-refractivity contribution in [2.75, 3.05) is 11.9 Å². The summed E-state index contributed by atoms with van der Waals surface area (Å²) in [5.74, 6) is -1.50. The van der Waals surface area contributed by atoms with E-state index in [1.165, 1.54) is 48.3 Å². The average molecular weight is 326 g/mol. The molecule has 19 heavy (non-hydrogen) atoms. The number of halogens is 3. The van der Waals surface area contributed by atoms with Gasteiger partial charge in [-0.15, -0.1) is 0 Å². The highest BCUT2D eigenvalue weighted by Crippen LogP contribution is 2.22. The van der Waals surface area contributed by atoms with Crippen LogP contribution in [-0.4, -0.2) is 13.0 Å². The molecule has 0 unspecified atom stereocenters. The minimum absolute atomic E-state index is 0.0406. The van der Waals surface area contributed by atoms with Gasteiger partial charge in [0, 0.05) is 12.7 Å². The van der Waals surface area contributed by atoms with Crippen LogP contribution in [0.1, 0.15) is 10.4 Å². The van der Waals surface area contributed by atoms with Crippen molar-refractivity contribution < 1.29 is 13.6 Å². The maximum Gasteiger partial charge on any atom is 0.261 e. The SMILES string of the molecule is CN(C(=O)c1cccc(Br)c1F)c1ccc(F)cc1. The quantitative estimate of drug-likeness (QED) is 0.817. The van der Waals surface area contributed by atoms with Crippen molar-refractivity contribution in [2.24, 2.45) is 0 Å². The van der Waals surface area contributed by atoms with Crippen LogP contribution in [0.4, 0.5) is 14.5 Å². The molecule has 0 aliphatic rings.